The molecule has 0 aliphatic rings. The first-order chi connectivity index (χ1) is 9.52. The fourth-order valence-corrected chi connectivity index (χ4v) is 1.54. The highest BCUT2D eigenvalue weighted by atomic mass is 16.5. The molecule has 0 heterocycles. The minimum atomic E-state index is -0.0194. The van der Waals surface area contributed by atoms with Gasteiger partial charge in [0.05, 0.1) is 12.2 Å². The normalized spacial score (nSPS) is 11.6. The quantitative estimate of drug-likeness (QED) is 0.718. The third kappa shape index (κ3) is 5.78. The van der Waals surface area contributed by atoms with Crippen LogP contribution in [-0.2, 0) is 4.79 Å². The van der Waals surface area contributed by atoms with E-state index in [1.54, 1.807) is 0 Å². The predicted molar refractivity (Wildman–Crippen MR) is 83.1 cm³/mol. The highest BCUT2D eigenvalue weighted by Gasteiger charge is 2.07. The average molecular weight is 276 g/mol. The molecule has 1 unspecified atom stereocenters. The second-order valence-electron chi connectivity index (χ2n) is 4.97. The van der Waals surface area contributed by atoms with Crippen LogP contribution < -0.4 is 15.4 Å². The van der Waals surface area contributed by atoms with Crippen LogP contribution in [0.25, 0.3) is 0 Å². The standard InChI is InChI=1S/C16H24N2O2/c1-5-13(4)18-16(19)10-17-14-8-6-7-9-15(14)20-11-12(2)3/h6-9,13,17H,2,5,10-11H2,1,3-4H3,(H,18,19). The van der Waals surface area contributed by atoms with Gasteiger partial charge in [0.25, 0.3) is 0 Å². The average Bonchev–Trinajstić information content (AvgIpc) is 2.43. The summed E-state index contributed by atoms with van der Waals surface area (Å²) in [6.45, 7) is 10.5. The van der Waals surface area contributed by atoms with Crippen LogP contribution in [0, 0.1) is 0 Å². The molecular formula is C16H24N2O2. The molecule has 1 atom stereocenters. The Bertz CT molecular complexity index is 458. The number of hydrogen-bond acceptors (Lipinski definition) is 3. The van der Waals surface area contributed by atoms with E-state index in [0.29, 0.717) is 6.61 Å². The Kier molecular flexibility index (Phi) is 6.64. The van der Waals surface area contributed by atoms with Gasteiger partial charge in [-0.1, -0.05) is 25.6 Å². The van der Waals surface area contributed by atoms with Crippen molar-refractivity contribution in [2.45, 2.75) is 33.2 Å². The summed E-state index contributed by atoms with van der Waals surface area (Å²) in [4.78, 5) is 11.7. The van der Waals surface area contributed by atoms with Crippen LogP contribution in [-0.4, -0.2) is 25.1 Å². The Morgan fingerprint density at radius 2 is 2.10 bits per heavy atom. The molecule has 0 aliphatic heterocycles. The highest BCUT2D eigenvalue weighted by molar-refractivity contribution is 5.81. The Balaban J connectivity index is 2.54. The van der Waals surface area contributed by atoms with E-state index in [1.807, 2.05) is 45.0 Å². The summed E-state index contributed by atoms with van der Waals surface area (Å²) in [5.41, 5.74) is 1.77. The van der Waals surface area contributed by atoms with E-state index in [-0.39, 0.29) is 18.5 Å². The van der Waals surface area contributed by atoms with Crippen LogP contribution in [0.15, 0.2) is 36.4 Å². The second-order valence-corrected chi connectivity index (χ2v) is 4.97. The number of rotatable bonds is 8. The predicted octanol–water partition coefficient (Wildman–Crippen LogP) is 2.97. The molecule has 1 rings (SSSR count). The number of amides is 1. The highest BCUT2D eigenvalue weighted by Crippen LogP contribution is 2.23. The molecule has 1 aromatic rings. The van der Waals surface area contributed by atoms with E-state index in [0.717, 1.165) is 23.4 Å². The van der Waals surface area contributed by atoms with Crippen LogP contribution in [0.2, 0.25) is 0 Å². The summed E-state index contributed by atoms with van der Waals surface area (Å²) >= 11 is 0. The first-order valence-corrected chi connectivity index (χ1v) is 6.92. The van der Waals surface area contributed by atoms with Crippen molar-refractivity contribution < 1.29 is 9.53 Å². The van der Waals surface area contributed by atoms with Crippen molar-refractivity contribution in [3.05, 3.63) is 36.4 Å². The van der Waals surface area contributed by atoms with Crippen LogP contribution in [0.3, 0.4) is 0 Å². The number of hydrogen-bond donors (Lipinski definition) is 2. The Labute approximate surface area is 121 Å². The van der Waals surface area contributed by atoms with Crippen molar-refractivity contribution >= 4 is 11.6 Å². The topological polar surface area (TPSA) is 50.4 Å². The lowest BCUT2D eigenvalue weighted by molar-refractivity contribution is -0.120. The Morgan fingerprint density at radius 3 is 2.75 bits per heavy atom. The summed E-state index contributed by atoms with van der Waals surface area (Å²) < 4.78 is 5.64. The van der Waals surface area contributed by atoms with Gasteiger partial charge in [0, 0.05) is 6.04 Å². The summed E-state index contributed by atoms with van der Waals surface area (Å²) in [6.07, 6.45) is 0.921. The zero-order valence-electron chi connectivity index (χ0n) is 12.5. The van der Waals surface area contributed by atoms with Crippen molar-refractivity contribution in [3.8, 4) is 5.75 Å². The molecule has 0 radical (unpaired) electrons. The summed E-state index contributed by atoms with van der Waals surface area (Å²) in [6, 6.07) is 7.77. The molecule has 1 aromatic carbocycles. The first kappa shape index (κ1) is 16.1. The molecule has 110 valence electrons. The number of anilines is 1. The monoisotopic (exact) mass is 276 g/mol. The van der Waals surface area contributed by atoms with Gasteiger partial charge < -0.3 is 15.4 Å². The van der Waals surface area contributed by atoms with Crippen LogP contribution >= 0.6 is 0 Å². The van der Waals surface area contributed by atoms with Crippen molar-refractivity contribution in [1.29, 1.82) is 0 Å². The molecule has 0 aromatic heterocycles. The molecule has 0 fully saturated rings. The van der Waals surface area contributed by atoms with Crippen LogP contribution in [0.5, 0.6) is 5.75 Å². The van der Waals surface area contributed by atoms with Gasteiger partial charge in [-0.3, -0.25) is 4.79 Å². The lowest BCUT2D eigenvalue weighted by Crippen LogP contribution is -2.36. The van der Waals surface area contributed by atoms with Gasteiger partial charge in [-0.25, -0.2) is 0 Å². The second kappa shape index (κ2) is 8.25. The molecule has 20 heavy (non-hydrogen) atoms. The van der Waals surface area contributed by atoms with Gasteiger partial charge in [0.2, 0.25) is 5.91 Å². The van der Waals surface area contributed by atoms with Crippen LogP contribution in [0.4, 0.5) is 5.69 Å². The number of para-hydroxylation sites is 2. The molecule has 0 spiro atoms. The molecule has 2 N–H and O–H groups in total. The minimum absolute atomic E-state index is 0.0194. The molecule has 0 saturated heterocycles. The third-order valence-electron chi connectivity index (χ3n) is 2.82. The molecule has 0 bridgehead atoms. The van der Waals surface area contributed by atoms with Crippen molar-refractivity contribution in [2.24, 2.45) is 0 Å². The summed E-state index contributed by atoms with van der Waals surface area (Å²) in [5.74, 6) is 0.709. The van der Waals surface area contributed by atoms with E-state index < -0.39 is 0 Å². The third-order valence-corrected chi connectivity index (χ3v) is 2.82. The van der Waals surface area contributed by atoms with E-state index in [2.05, 4.69) is 17.2 Å². The van der Waals surface area contributed by atoms with Crippen molar-refractivity contribution in [2.75, 3.05) is 18.5 Å². The minimum Gasteiger partial charge on any atom is -0.487 e. The van der Waals surface area contributed by atoms with Crippen molar-refractivity contribution in [3.63, 3.8) is 0 Å². The number of ether oxygens (including phenoxy) is 1. The molecule has 4 nitrogen and oxygen atoms in total. The SMILES string of the molecule is C=C(C)COc1ccccc1NCC(=O)NC(C)CC. The number of carbonyl (C=O) groups excluding carboxylic acids is 1. The molecular weight excluding hydrogens is 252 g/mol. The number of nitrogens with one attached hydrogen (secondary N) is 2. The maximum Gasteiger partial charge on any atom is 0.239 e. The van der Waals surface area contributed by atoms with Gasteiger partial charge >= 0.3 is 0 Å². The van der Waals surface area contributed by atoms with Crippen molar-refractivity contribution in [1.82, 2.24) is 5.32 Å². The fourth-order valence-electron chi connectivity index (χ4n) is 1.54. The van der Waals surface area contributed by atoms with E-state index in [1.165, 1.54) is 0 Å². The number of carbonyl (C=O) groups is 1. The Hall–Kier alpha value is -1.97. The number of benzene rings is 1. The maximum absolute atomic E-state index is 11.7. The molecule has 4 heteroatoms. The fraction of sp³-hybridized carbons (Fsp3) is 0.438. The van der Waals surface area contributed by atoms with Crippen LogP contribution in [0.1, 0.15) is 27.2 Å². The molecule has 0 saturated carbocycles. The van der Waals surface area contributed by atoms with Gasteiger partial charge in [-0.2, -0.15) is 0 Å². The zero-order chi connectivity index (χ0) is 15.0. The van der Waals surface area contributed by atoms with E-state index in [4.69, 9.17) is 4.74 Å². The lowest BCUT2D eigenvalue weighted by Gasteiger charge is -2.15. The lowest BCUT2D eigenvalue weighted by atomic mass is 10.2. The Morgan fingerprint density at radius 1 is 1.40 bits per heavy atom. The van der Waals surface area contributed by atoms with Gasteiger partial charge in [-0.05, 0) is 38.0 Å². The van der Waals surface area contributed by atoms with Gasteiger partial charge in [0.15, 0.2) is 0 Å². The van der Waals surface area contributed by atoms with Gasteiger partial charge in [-0.15, -0.1) is 0 Å². The summed E-state index contributed by atoms with van der Waals surface area (Å²) in [5, 5.41) is 6.01. The molecule has 1 amide bonds. The zero-order valence-corrected chi connectivity index (χ0v) is 12.5. The van der Waals surface area contributed by atoms with E-state index >= 15 is 0 Å². The smallest absolute Gasteiger partial charge is 0.239 e. The first-order valence-electron chi connectivity index (χ1n) is 6.92. The largest absolute Gasteiger partial charge is 0.487 e. The maximum atomic E-state index is 11.7. The summed E-state index contributed by atoms with van der Waals surface area (Å²) in [7, 11) is 0. The van der Waals surface area contributed by atoms with E-state index in [9.17, 15) is 4.79 Å². The van der Waals surface area contributed by atoms with Gasteiger partial charge in [0.1, 0.15) is 12.4 Å². The molecule has 0 aliphatic carbocycles.